The van der Waals surface area contributed by atoms with Crippen LogP contribution in [0, 0.1) is 0 Å². The number of nitrogens with one attached hydrogen (secondary N) is 1. The second-order valence-corrected chi connectivity index (χ2v) is 8.68. The first-order valence-electron chi connectivity index (χ1n) is 10.2. The van der Waals surface area contributed by atoms with Gasteiger partial charge in [0.2, 0.25) is 15.9 Å². The number of amides is 2. The summed E-state index contributed by atoms with van der Waals surface area (Å²) in [6.45, 7) is 2.38. The summed E-state index contributed by atoms with van der Waals surface area (Å²) in [6.07, 6.45) is 2.36. The second kappa shape index (κ2) is 10.2. The average Bonchev–Trinajstić information content (AvgIpc) is 2.79. The van der Waals surface area contributed by atoms with E-state index < -0.39 is 32.3 Å². The molecule has 0 spiro atoms. The number of ether oxygens (including phenoxy) is 1. The summed E-state index contributed by atoms with van der Waals surface area (Å²) in [6, 6.07) is 16.9. The number of nitrogens with two attached hydrogens (primary N) is 3. The summed E-state index contributed by atoms with van der Waals surface area (Å²) in [5, 5.41) is 8.04. The Morgan fingerprint density at radius 3 is 2.26 bits per heavy atom. The minimum atomic E-state index is -4.43. The van der Waals surface area contributed by atoms with Crippen molar-refractivity contribution in [3.05, 3.63) is 77.9 Å². The van der Waals surface area contributed by atoms with Gasteiger partial charge in [-0.15, -0.1) is 0 Å². The van der Waals surface area contributed by atoms with Crippen LogP contribution in [-0.2, 0) is 14.8 Å². The third kappa shape index (κ3) is 5.61. The number of carbonyl (C=O) groups excluding carboxylic acids is 2. The summed E-state index contributed by atoms with van der Waals surface area (Å²) in [5.41, 5.74) is 12.5. The van der Waals surface area contributed by atoms with Crippen LogP contribution in [0.3, 0.4) is 0 Å². The maximum absolute atomic E-state index is 12.5. The van der Waals surface area contributed by atoms with E-state index in [0.717, 1.165) is 6.08 Å². The van der Waals surface area contributed by atoms with Crippen LogP contribution in [0.15, 0.2) is 71.6 Å². The van der Waals surface area contributed by atoms with E-state index in [4.69, 9.17) is 21.3 Å². The molecule has 3 aromatic carbocycles. The molecule has 0 aliphatic carbocycles. The first-order valence-corrected chi connectivity index (χ1v) is 11.7. The largest absolute Gasteiger partial charge is 0.494 e. The Bertz CT molecular complexity index is 1350. The first kappa shape index (κ1) is 24.5. The van der Waals surface area contributed by atoms with E-state index in [1.807, 2.05) is 6.92 Å². The van der Waals surface area contributed by atoms with Crippen LogP contribution in [0.25, 0.3) is 17.2 Å². The third-order valence-corrected chi connectivity index (χ3v) is 5.82. The van der Waals surface area contributed by atoms with E-state index in [9.17, 15) is 18.0 Å². The molecule has 7 N–H and O–H groups in total. The zero-order valence-electron chi connectivity index (χ0n) is 18.3. The van der Waals surface area contributed by atoms with Crippen molar-refractivity contribution < 1.29 is 22.7 Å². The van der Waals surface area contributed by atoms with E-state index in [0.29, 0.717) is 29.2 Å². The molecule has 2 amide bonds. The fourth-order valence-corrected chi connectivity index (χ4v) is 4.33. The highest BCUT2D eigenvalue weighted by atomic mass is 32.2. The Labute approximate surface area is 197 Å². The van der Waals surface area contributed by atoms with Crippen molar-refractivity contribution in [2.75, 3.05) is 17.7 Å². The standard InChI is InChI=1S/C24H24N4O5S/c1-2-33-18-11-9-17(10-12-18)28-20(29)13-8-16-14-19(15-6-4-3-5-7-15)22(25)21(24(26)30)23(16)34(27,31)32/h3-14H,2,25H2,1H3,(H2,26,30)(H,28,29)(H2,27,31,32). The molecule has 0 atom stereocenters. The lowest BCUT2D eigenvalue weighted by atomic mass is 9.96. The predicted octanol–water partition coefficient (Wildman–Crippen LogP) is 2.73. The Kier molecular flexibility index (Phi) is 7.34. The lowest BCUT2D eigenvalue weighted by Crippen LogP contribution is -2.24. The molecule has 0 saturated heterocycles. The Hall–Kier alpha value is -4.15. The summed E-state index contributed by atoms with van der Waals surface area (Å²) in [5.74, 6) is -0.945. The van der Waals surface area contributed by atoms with E-state index >= 15 is 0 Å². The molecule has 176 valence electrons. The molecule has 34 heavy (non-hydrogen) atoms. The van der Waals surface area contributed by atoms with E-state index in [1.165, 1.54) is 12.1 Å². The Morgan fingerprint density at radius 2 is 1.71 bits per heavy atom. The number of rotatable bonds is 8. The number of hydrogen-bond donors (Lipinski definition) is 4. The van der Waals surface area contributed by atoms with Crippen molar-refractivity contribution in [2.45, 2.75) is 11.8 Å². The average molecular weight is 481 g/mol. The van der Waals surface area contributed by atoms with Crippen molar-refractivity contribution in [2.24, 2.45) is 10.9 Å². The lowest BCUT2D eigenvalue weighted by Gasteiger charge is -2.16. The van der Waals surface area contributed by atoms with Gasteiger partial charge in [0, 0.05) is 17.3 Å². The molecule has 0 aliphatic heterocycles. The highest BCUT2D eigenvalue weighted by Crippen LogP contribution is 2.35. The van der Waals surface area contributed by atoms with Gasteiger partial charge in [0.1, 0.15) is 10.6 Å². The summed E-state index contributed by atoms with van der Waals surface area (Å²) in [4.78, 5) is 24.1. The van der Waals surface area contributed by atoms with Gasteiger partial charge in [0.15, 0.2) is 0 Å². The van der Waals surface area contributed by atoms with E-state index in [-0.39, 0.29) is 11.3 Å². The number of sulfonamides is 1. The smallest absolute Gasteiger partial charge is 0.252 e. The summed E-state index contributed by atoms with van der Waals surface area (Å²) in [7, 11) is -4.43. The molecular weight excluding hydrogens is 456 g/mol. The van der Waals surface area contributed by atoms with Crippen LogP contribution in [0.1, 0.15) is 22.8 Å². The van der Waals surface area contributed by atoms with Gasteiger partial charge in [-0.25, -0.2) is 13.6 Å². The molecule has 0 heterocycles. The van der Waals surface area contributed by atoms with Gasteiger partial charge in [0.25, 0.3) is 5.91 Å². The highest BCUT2D eigenvalue weighted by Gasteiger charge is 2.26. The molecule has 10 heteroatoms. The molecular formula is C24H24N4O5S. The second-order valence-electron chi connectivity index (χ2n) is 7.19. The summed E-state index contributed by atoms with van der Waals surface area (Å²) < 4.78 is 30.1. The number of benzene rings is 3. The van der Waals surface area contributed by atoms with Crippen LogP contribution < -0.4 is 26.7 Å². The maximum Gasteiger partial charge on any atom is 0.252 e. The quantitative estimate of drug-likeness (QED) is 0.285. The molecule has 0 aliphatic rings. The molecule has 0 fully saturated rings. The van der Waals surface area contributed by atoms with Crippen LogP contribution in [0.2, 0.25) is 0 Å². The fourth-order valence-electron chi connectivity index (χ4n) is 3.38. The van der Waals surface area contributed by atoms with Crippen LogP contribution >= 0.6 is 0 Å². The van der Waals surface area contributed by atoms with Gasteiger partial charge >= 0.3 is 0 Å². The number of nitrogen functional groups attached to an aromatic ring is 1. The van der Waals surface area contributed by atoms with Gasteiger partial charge in [-0.1, -0.05) is 30.3 Å². The molecule has 0 bridgehead atoms. The lowest BCUT2D eigenvalue weighted by molar-refractivity contribution is -0.111. The van der Waals surface area contributed by atoms with Gasteiger partial charge in [-0.3, -0.25) is 9.59 Å². The molecule has 9 nitrogen and oxygen atoms in total. The molecule has 0 unspecified atom stereocenters. The van der Waals surface area contributed by atoms with Crippen molar-refractivity contribution >= 4 is 39.3 Å². The molecule has 3 rings (SSSR count). The third-order valence-electron chi connectivity index (χ3n) is 4.81. The van der Waals surface area contributed by atoms with E-state index in [1.54, 1.807) is 54.6 Å². The fraction of sp³-hybridized carbons (Fsp3) is 0.0833. The molecule has 3 aromatic rings. The van der Waals surface area contributed by atoms with Crippen LogP contribution in [-0.4, -0.2) is 26.8 Å². The van der Waals surface area contributed by atoms with Gasteiger partial charge in [-0.2, -0.15) is 0 Å². The Balaban J connectivity index is 2.05. The zero-order valence-corrected chi connectivity index (χ0v) is 19.1. The number of anilines is 2. The van der Waals surface area contributed by atoms with Crippen molar-refractivity contribution in [1.29, 1.82) is 0 Å². The van der Waals surface area contributed by atoms with Gasteiger partial charge < -0.3 is 21.5 Å². The van der Waals surface area contributed by atoms with Gasteiger partial charge in [0.05, 0.1) is 17.9 Å². The highest BCUT2D eigenvalue weighted by molar-refractivity contribution is 7.89. The SMILES string of the molecule is CCOc1ccc(NC(=O)C=Cc2cc(-c3ccccc3)c(N)c(C(N)=O)c2S(N)(=O)=O)cc1. The van der Waals surface area contributed by atoms with E-state index in [2.05, 4.69) is 5.32 Å². The molecule has 0 saturated carbocycles. The number of hydrogen-bond acceptors (Lipinski definition) is 6. The molecule has 0 radical (unpaired) electrons. The normalized spacial score (nSPS) is 11.4. The predicted molar refractivity (Wildman–Crippen MR) is 131 cm³/mol. The number of primary sulfonamides is 1. The Morgan fingerprint density at radius 1 is 1.06 bits per heavy atom. The minimum Gasteiger partial charge on any atom is -0.494 e. The van der Waals surface area contributed by atoms with Crippen molar-refractivity contribution in [1.82, 2.24) is 0 Å². The van der Waals surface area contributed by atoms with Crippen molar-refractivity contribution in [3.63, 3.8) is 0 Å². The summed E-state index contributed by atoms with van der Waals surface area (Å²) >= 11 is 0. The minimum absolute atomic E-state index is 0.00815. The van der Waals surface area contributed by atoms with Crippen LogP contribution in [0.5, 0.6) is 5.75 Å². The zero-order chi connectivity index (χ0) is 24.9. The molecule has 0 aromatic heterocycles. The van der Waals surface area contributed by atoms with Crippen molar-refractivity contribution in [3.8, 4) is 16.9 Å². The first-order chi connectivity index (χ1) is 16.1. The van der Waals surface area contributed by atoms with Gasteiger partial charge in [-0.05, 0) is 54.5 Å². The monoisotopic (exact) mass is 480 g/mol. The number of carbonyl (C=O) groups is 2. The maximum atomic E-state index is 12.5. The van der Waals surface area contributed by atoms with Crippen LogP contribution in [0.4, 0.5) is 11.4 Å². The number of primary amides is 1. The topological polar surface area (TPSA) is 168 Å².